The number of amides is 1. The maximum absolute atomic E-state index is 11.7. The van der Waals surface area contributed by atoms with Gasteiger partial charge in [-0.15, -0.1) is 0 Å². The number of hydrogen-bond donors (Lipinski definition) is 2. The molecule has 1 unspecified atom stereocenters. The molecule has 1 aromatic rings. The summed E-state index contributed by atoms with van der Waals surface area (Å²) in [5.74, 6) is 0.510. The molecule has 0 saturated heterocycles. The molecule has 0 aliphatic rings. The van der Waals surface area contributed by atoms with Gasteiger partial charge in [-0.05, 0) is 25.3 Å². The Balaban J connectivity index is 2.29. The van der Waals surface area contributed by atoms with Crippen LogP contribution in [0.1, 0.15) is 26.2 Å². The first-order valence-corrected chi connectivity index (χ1v) is 6.67. The molecule has 0 fully saturated rings. The summed E-state index contributed by atoms with van der Waals surface area (Å²) in [5, 5.41) is 6.98. The van der Waals surface area contributed by atoms with Crippen LogP contribution in [0.15, 0.2) is 12.4 Å². The maximum Gasteiger partial charge on any atom is 0.224 e. The van der Waals surface area contributed by atoms with Gasteiger partial charge in [0.2, 0.25) is 5.91 Å². The Labute approximate surface area is 114 Å². The van der Waals surface area contributed by atoms with E-state index < -0.39 is 0 Å². The topological polar surface area (TPSA) is 82.2 Å². The molecule has 1 heterocycles. The van der Waals surface area contributed by atoms with E-state index >= 15 is 0 Å². The van der Waals surface area contributed by atoms with E-state index in [4.69, 9.17) is 10.5 Å². The minimum Gasteiger partial charge on any atom is -0.383 e. The number of nitrogens with one attached hydrogen (secondary N) is 1. The Morgan fingerprint density at radius 2 is 2.37 bits per heavy atom. The van der Waals surface area contributed by atoms with Crippen LogP contribution in [0.3, 0.4) is 0 Å². The van der Waals surface area contributed by atoms with Gasteiger partial charge in [-0.25, -0.2) is 0 Å². The molecule has 3 N–H and O–H groups in total. The van der Waals surface area contributed by atoms with Crippen LogP contribution in [0.4, 0.5) is 5.69 Å². The molecule has 1 rings (SSSR count). The van der Waals surface area contributed by atoms with E-state index in [9.17, 15) is 4.79 Å². The number of methoxy groups -OCH3 is 1. The molecule has 0 radical (unpaired) electrons. The van der Waals surface area contributed by atoms with Gasteiger partial charge in [-0.2, -0.15) is 5.10 Å². The maximum atomic E-state index is 11.7. The first kappa shape index (κ1) is 15.7. The highest BCUT2D eigenvalue weighted by Crippen LogP contribution is 2.11. The molecule has 0 aromatic carbocycles. The van der Waals surface area contributed by atoms with E-state index in [1.165, 1.54) is 0 Å². The molecule has 0 aliphatic carbocycles. The molecule has 0 spiro atoms. The molecular weight excluding hydrogens is 244 g/mol. The van der Waals surface area contributed by atoms with E-state index in [2.05, 4.69) is 17.3 Å². The normalized spacial score (nSPS) is 12.4. The van der Waals surface area contributed by atoms with Crippen LogP contribution in [0.5, 0.6) is 0 Å². The molecule has 6 heteroatoms. The molecule has 6 nitrogen and oxygen atoms in total. The third kappa shape index (κ3) is 6.35. The zero-order valence-electron chi connectivity index (χ0n) is 11.8. The minimum atomic E-state index is 0.0233. The van der Waals surface area contributed by atoms with Crippen molar-refractivity contribution in [1.82, 2.24) is 9.78 Å². The van der Waals surface area contributed by atoms with Crippen molar-refractivity contribution in [2.24, 2.45) is 11.7 Å². The number of carbonyl (C=O) groups is 1. The van der Waals surface area contributed by atoms with E-state index in [0.29, 0.717) is 32.0 Å². The van der Waals surface area contributed by atoms with Crippen molar-refractivity contribution in [2.75, 3.05) is 25.6 Å². The van der Waals surface area contributed by atoms with Crippen molar-refractivity contribution in [3.8, 4) is 0 Å². The van der Waals surface area contributed by atoms with Crippen LogP contribution in [0.25, 0.3) is 0 Å². The lowest BCUT2D eigenvalue weighted by molar-refractivity contribution is -0.116. The van der Waals surface area contributed by atoms with Gasteiger partial charge >= 0.3 is 0 Å². The second-order valence-electron chi connectivity index (χ2n) is 4.75. The third-order valence-electron chi connectivity index (χ3n) is 2.97. The van der Waals surface area contributed by atoms with E-state index in [0.717, 1.165) is 18.5 Å². The molecule has 0 bridgehead atoms. The largest absolute Gasteiger partial charge is 0.383 e. The summed E-state index contributed by atoms with van der Waals surface area (Å²) in [6.07, 6.45) is 5.80. The first-order chi connectivity index (χ1) is 9.15. The first-order valence-electron chi connectivity index (χ1n) is 6.67. The monoisotopic (exact) mass is 268 g/mol. The van der Waals surface area contributed by atoms with Gasteiger partial charge in [0.25, 0.3) is 0 Å². The molecule has 19 heavy (non-hydrogen) atoms. The average Bonchev–Trinajstić information content (AvgIpc) is 2.82. The van der Waals surface area contributed by atoms with Crippen LogP contribution in [-0.2, 0) is 16.1 Å². The fraction of sp³-hybridized carbons (Fsp3) is 0.692. The number of nitrogens with two attached hydrogens (primary N) is 1. The summed E-state index contributed by atoms with van der Waals surface area (Å²) >= 11 is 0. The number of ether oxygens (including phenoxy) is 1. The number of rotatable bonds is 9. The van der Waals surface area contributed by atoms with Gasteiger partial charge in [0.1, 0.15) is 0 Å². The summed E-state index contributed by atoms with van der Waals surface area (Å²) in [7, 11) is 1.65. The number of nitrogens with zero attached hydrogens (tertiary/aromatic N) is 2. The Hall–Kier alpha value is -1.40. The Kier molecular flexibility index (Phi) is 7.14. The van der Waals surface area contributed by atoms with Crippen molar-refractivity contribution in [3.05, 3.63) is 12.4 Å². The van der Waals surface area contributed by atoms with Crippen molar-refractivity contribution in [3.63, 3.8) is 0 Å². The van der Waals surface area contributed by atoms with Crippen molar-refractivity contribution >= 4 is 11.6 Å². The molecule has 0 aliphatic heterocycles. The summed E-state index contributed by atoms with van der Waals surface area (Å²) in [6.45, 7) is 4.07. The number of hydrogen-bond acceptors (Lipinski definition) is 4. The van der Waals surface area contributed by atoms with Crippen LogP contribution < -0.4 is 11.1 Å². The predicted octanol–water partition coefficient (Wildman–Crippen LogP) is 1.23. The zero-order chi connectivity index (χ0) is 14.1. The Morgan fingerprint density at radius 1 is 1.58 bits per heavy atom. The highest BCUT2D eigenvalue weighted by molar-refractivity contribution is 5.90. The zero-order valence-corrected chi connectivity index (χ0v) is 11.8. The van der Waals surface area contributed by atoms with Crippen LogP contribution in [0, 0.1) is 5.92 Å². The van der Waals surface area contributed by atoms with Crippen LogP contribution in [-0.4, -0.2) is 35.9 Å². The van der Waals surface area contributed by atoms with E-state index in [-0.39, 0.29) is 5.91 Å². The highest BCUT2D eigenvalue weighted by atomic mass is 16.5. The molecule has 1 aromatic heterocycles. The quantitative estimate of drug-likeness (QED) is 0.706. The second kappa shape index (κ2) is 8.66. The Morgan fingerprint density at radius 3 is 3.05 bits per heavy atom. The summed E-state index contributed by atoms with van der Waals surface area (Å²) in [6, 6.07) is 0. The summed E-state index contributed by atoms with van der Waals surface area (Å²) in [4.78, 5) is 11.7. The van der Waals surface area contributed by atoms with Gasteiger partial charge in [0.15, 0.2) is 0 Å². The molecular formula is C13H24N4O2. The van der Waals surface area contributed by atoms with Gasteiger partial charge in [0.05, 0.1) is 25.0 Å². The van der Waals surface area contributed by atoms with Crippen molar-refractivity contribution in [2.45, 2.75) is 32.7 Å². The minimum absolute atomic E-state index is 0.0233. The Bertz CT molecular complexity index is 378. The summed E-state index contributed by atoms with van der Waals surface area (Å²) < 4.78 is 6.71. The van der Waals surface area contributed by atoms with Crippen LogP contribution in [0.2, 0.25) is 0 Å². The molecule has 108 valence electrons. The lowest BCUT2D eigenvalue weighted by Gasteiger charge is -2.09. The van der Waals surface area contributed by atoms with Gasteiger partial charge in [-0.1, -0.05) is 6.92 Å². The SMILES string of the molecule is COCCn1cc(NC(=O)CCC(C)CCN)cn1. The highest BCUT2D eigenvalue weighted by Gasteiger charge is 2.07. The van der Waals surface area contributed by atoms with Crippen molar-refractivity contribution < 1.29 is 9.53 Å². The van der Waals surface area contributed by atoms with Gasteiger partial charge in [-0.3, -0.25) is 9.48 Å². The lowest BCUT2D eigenvalue weighted by atomic mass is 10.0. The molecule has 1 amide bonds. The van der Waals surface area contributed by atoms with Crippen LogP contribution >= 0.6 is 0 Å². The third-order valence-corrected chi connectivity index (χ3v) is 2.97. The smallest absolute Gasteiger partial charge is 0.224 e. The predicted molar refractivity (Wildman–Crippen MR) is 74.8 cm³/mol. The second-order valence-corrected chi connectivity index (χ2v) is 4.75. The molecule has 1 atom stereocenters. The lowest BCUT2D eigenvalue weighted by Crippen LogP contribution is -2.13. The van der Waals surface area contributed by atoms with Crippen molar-refractivity contribution in [1.29, 1.82) is 0 Å². The average molecular weight is 268 g/mol. The number of anilines is 1. The fourth-order valence-electron chi connectivity index (χ4n) is 1.77. The van der Waals surface area contributed by atoms with Gasteiger partial charge < -0.3 is 15.8 Å². The van der Waals surface area contributed by atoms with E-state index in [1.807, 2.05) is 0 Å². The number of carbonyl (C=O) groups excluding carboxylic acids is 1. The van der Waals surface area contributed by atoms with E-state index in [1.54, 1.807) is 24.2 Å². The summed E-state index contributed by atoms with van der Waals surface area (Å²) in [5.41, 5.74) is 6.21. The number of aromatic nitrogens is 2. The van der Waals surface area contributed by atoms with Gasteiger partial charge in [0, 0.05) is 19.7 Å². The standard InChI is InChI=1S/C13H24N4O2/c1-11(5-6-14)3-4-13(18)16-12-9-15-17(10-12)7-8-19-2/h9-11H,3-8,14H2,1-2H3,(H,16,18). The fourth-order valence-corrected chi connectivity index (χ4v) is 1.77. The molecule has 0 saturated carbocycles.